The average Bonchev–Trinajstić information content (AvgIpc) is 2.45. The van der Waals surface area contributed by atoms with E-state index in [1.165, 1.54) is 6.92 Å². The maximum absolute atomic E-state index is 12.0. The number of hydrogen-bond donors (Lipinski definition) is 1. The zero-order valence-corrected chi connectivity index (χ0v) is 8.82. The quantitative estimate of drug-likeness (QED) is 0.874. The normalized spacial score (nSPS) is 14.2. The van der Waals surface area contributed by atoms with Gasteiger partial charge < -0.3 is 9.73 Å². The molecular formula is C9H11ClF3NO. The summed E-state index contributed by atoms with van der Waals surface area (Å²) >= 11 is 5.51. The van der Waals surface area contributed by atoms with Gasteiger partial charge in [0.25, 0.3) is 0 Å². The van der Waals surface area contributed by atoms with E-state index in [-0.39, 0.29) is 11.8 Å². The molecule has 1 atom stereocenters. The summed E-state index contributed by atoms with van der Waals surface area (Å²) in [6, 6.07) is 2.52. The third-order valence-electron chi connectivity index (χ3n) is 1.79. The van der Waals surface area contributed by atoms with Gasteiger partial charge in [-0.1, -0.05) is 0 Å². The van der Waals surface area contributed by atoms with Crippen LogP contribution in [0.25, 0.3) is 0 Å². The lowest BCUT2D eigenvalue weighted by atomic mass is 10.2. The molecule has 1 aromatic heterocycles. The number of nitrogens with one attached hydrogen (secondary N) is 1. The van der Waals surface area contributed by atoms with E-state index in [4.69, 9.17) is 16.0 Å². The molecule has 0 bridgehead atoms. The molecule has 0 aliphatic rings. The molecule has 0 aliphatic heterocycles. The van der Waals surface area contributed by atoms with Crippen LogP contribution >= 0.6 is 11.6 Å². The molecule has 0 radical (unpaired) electrons. The van der Waals surface area contributed by atoms with Crippen molar-refractivity contribution < 1.29 is 17.6 Å². The Labute approximate surface area is 90.4 Å². The summed E-state index contributed by atoms with van der Waals surface area (Å²) in [6.07, 6.45) is -5.01. The van der Waals surface area contributed by atoms with Crippen LogP contribution in [-0.2, 0) is 6.54 Å². The van der Waals surface area contributed by atoms with Gasteiger partial charge in [-0.3, -0.25) is 0 Å². The van der Waals surface area contributed by atoms with Crippen molar-refractivity contribution >= 4 is 11.6 Å². The van der Waals surface area contributed by atoms with Crippen LogP contribution in [0.1, 0.15) is 19.1 Å². The fraction of sp³-hybridized carbons (Fsp3) is 0.556. The van der Waals surface area contributed by atoms with Crippen LogP contribution in [0, 0.1) is 0 Å². The highest BCUT2D eigenvalue weighted by Gasteiger charge is 2.29. The minimum Gasteiger partial charge on any atom is -0.448 e. The van der Waals surface area contributed by atoms with E-state index in [1.807, 2.05) is 0 Å². The minimum absolute atomic E-state index is 0.232. The Hall–Kier alpha value is -0.680. The predicted molar refractivity (Wildman–Crippen MR) is 50.7 cm³/mol. The topological polar surface area (TPSA) is 25.2 Å². The standard InChI is InChI=1S/C9H11ClF3NO/c1-6(4-9(11,12)13)14-5-7-2-3-8(10)15-7/h2-3,6,14H,4-5H2,1H3. The Morgan fingerprint density at radius 3 is 2.60 bits per heavy atom. The van der Waals surface area contributed by atoms with E-state index >= 15 is 0 Å². The first-order valence-electron chi connectivity index (χ1n) is 4.41. The highest BCUT2D eigenvalue weighted by Crippen LogP contribution is 2.21. The molecule has 1 heterocycles. The summed E-state index contributed by atoms with van der Waals surface area (Å²) in [7, 11) is 0. The molecule has 2 nitrogen and oxygen atoms in total. The van der Waals surface area contributed by atoms with Gasteiger partial charge >= 0.3 is 6.18 Å². The fourth-order valence-corrected chi connectivity index (χ4v) is 1.30. The number of furan rings is 1. The van der Waals surface area contributed by atoms with Crippen molar-refractivity contribution in [1.29, 1.82) is 0 Å². The highest BCUT2D eigenvalue weighted by molar-refractivity contribution is 6.28. The van der Waals surface area contributed by atoms with Gasteiger partial charge in [0.2, 0.25) is 0 Å². The molecule has 0 fully saturated rings. The van der Waals surface area contributed by atoms with Crippen LogP contribution in [-0.4, -0.2) is 12.2 Å². The lowest BCUT2D eigenvalue weighted by Crippen LogP contribution is -2.30. The van der Waals surface area contributed by atoms with E-state index in [0.29, 0.717) is 5.76 Å². The number of halogens is 4. The highest BCUT2D eigenvalue weighted by atomic mass is 35.5. The molecule has 1 rings (SSSR count). The van der Waals surface area contributed by atoms with Gasteiger partial charge in [-0.05, 0) is 30.7 Å². The second-order valence-electron chi connectivity index (χ2n) is 3.31. The summed E-state index contributed by atoms with van der Waals surface area (Å²) in [5.41, 5.74) is 0. The lowest BCUT2D eigenvalue weighted by molar-refractivity contribution is -0.139. The van der Waals surface area contributed by atoms with E-state index in [0.717, 1.165) is 0 Å². The molecule has 0 spiro atoms. The first-order valence-corrected chi connectivity index (χ1v) is 4.79. The number of hydrogen-bond acceptors (Lipinski definition) is 2. The van der Waals surface area contributed by atoms with Gasteiger partial charge in [-0.15, -0.1) is 0 Å². The summed E-state index contributed by atoms with van der Waals surface area (Å²) in [4.78, 5) is 0. The van der Waals surface area contributed by atoms with Gasteiger partial charge in [0.05, 0.1) is 13.0 Å². The van der Waals surface area contributed by atoms with E-state index in [1.54, 1.807) is 12.1 Å². The van der Waals surface area contributed by atoms with Crippen molar-refractivity contribution in [3.63, 3.8) is 0 Å². The van der Waals surface area contributed by atoms with Crippen LogP contribution in [0.4, 0.5) is 13.2 Å². The average molecular weight is 242 g/mol. The van der Waals surface area contributed by atoms with Crippen LogP contribution in [0.2, 0.25) is 5.22 Å². The Kier molecular flexibility index (Phi) is 4.04. The SMILES string of the molecule is CC(CC(F)(F)F)NCc1ccc(Cl)o1. The molecule has 0 saturated carbocycles. The first-order chi connectivity index (χ1) is 6.87. The Bertz CT molecular complexity index is 311. The molecule has 1 aromatic rings. The number of alkyl halides is 3. The third kappa shape index (κ3) is 5.09. The van der Waals surface area contributed by atoms with Crippen molar-refractivity contribution in [2.45, 2.75) is 32.1 Å². The van der Waals surface area contributed by atoms with Gasteiger partial charge in [-0.25, -0.2) is 0 Å². The van der Waals surface area contributed by atoms with Gasteiger partial charge in [0.1, 0.15) is 5.76 Å². The Balaban J connectivity index is 2.31. The van der Waals surface area contributed by atoms with Gasteiger partial charge in [0.15, 0.2) is 5.22 Å². The molecule has 15 heavy (non-hydrogen) atoms. The monoisotopic (exact) mass is 241 g/mol. The second kappa shape index (κ2) is 4.90. The molecule has 0 aliphatic carbocycles. The largest absolute Gasteiger partial charge is 0.448 e. The van der Waals surface area contributed by atoms with Gasteiger partial charge in [0, 0.05) is 6.04 Å². The zero-order valence-electron chi connectivity index (χ0n) is 8.07. The van der Waals surface area contributed by atoms with Gasteiger partial charge in [-0.2, -0.15) is 13.2 Å². The minimum atomic E-state index is -4.15. The fourth-order valence-electron chi connectivity index (χ4n) is 1.14. The zero-order chi connectivity index (χ0) is 11.5. The van der Waals surface area contributed by atoms with Crippen LogP contribution < -0.4 is 5.32 Å². The summed E-state index contributed by atoms with van der Waals surface area (Å²) < 4.78 is 40.8. The van der Waals surface area contributed by atoms with E-state index < -0.39 is 18.6 Å². The van der Waals surface area contributed by atoms with Crippen LogP contribution in [0.5, 0.6) is 0 Å². The molecular weight excluding hydrogens is 231 g/mol. The maximum atomic E-state index is 12.0. The summed E-state index contributed by atoms with van der Waals surface area (Å²) in [5, 5.41) is 2.93. The molecule has 0 saturated heterocycles. The number of rotatable bonds is 4. The van der Waals surface area contributed by atoms with E-state index in [2.05, 4.69) is 5.32 Å². The van der Waals surface area contributed by atoms with Crippen molar-refractivity contribution in [1.82, 2.24) is 5.32 Å². The Morgan fingerprint density at radius 2 is 2.13 bits per heavy atom. The summed E-state index contributed by atoms with van der Waals surface area (Å²) in [5.74, 6) is 0.522. The predicted octanol–water partition coefficient (Wildman–Crippen LogP) is 3.36. The molecule has 1 N–H and O–H groups in total. The Morgan fingerprint density at radius 1 is 1.47 bits per heavy atom. The van der Waals surface area contributed by atoms with Crippen molar-refractivity contribution in [2.75, 3.05) is 0 Å². The van der Waals surface area contributed by atoms with Crippen LogP contribution in [0.15, 0.2) is 16.5 Å². The second-order valence-corrected chi connectivity index (χ2v) is 3.68. The van der Waals surface area contributed by atoms with Crippen molar-refractivity contribution in [3.05, 3.63) is 23.1 Å². The lowest BCUT2D eigenvalue weighted by Gasteiger charge is -2.14. The summed E-state index contributed by atoms with van der Waals surface area (Å²) in [6.45, 7) is 1.71. The van der Waals surface area contributed by atoms with Crippen molar-refractivity contribution in [2.24, 2.45) is 0 Å². The first kappa shape index (κ1) is 12.4. The molecule has 86 valence electrons. The van der Waals surface area contributed by atoms with E-state index in [9.17, 15) is 13.2 Å². The van der Waals surface area contributed by atoms with Crippen molar-refractivity contribution in [3.8, 4) is 0 Å². The third-order valence-corrected chi connectivity index (χ3v) is 1.99. The molecule has 6 heteroatoms. The molecule has 0 amide bonds. The molecule has 1 unspecified atom stereocenters. The maximum Gasteiger partial charge on any atom is 0.390 e. The molecule has 0 aromatic carbocycles. The van der Waals surface area contributed by atoms with Crippen LogP contribution in [0.3, 0.4) is 0 Å². The smallest absolute Gasteiger partial charge is 0.390 e.